The molecule has 1 fully saturated rings. The quantitative estimate of drug-likeness (QED) is 0.224. The van der Waals surface area contributed by atoms with E-state index in [0.717, 1.165) is 24.8 Å². The number of methoxy groups -OCH3 is 1. The molecular formula is C29H30N6O4. The maximum absolute atomic E-state index is 12.5. The summed E-state index contributed by atoms with van der Waals surface area (Å²) in [5, 5.41) is 12.3. The molecule has 3 aromatic carbocycles. The zero-order valence-corrected chi connectivity index (χ0v) is 22.0. The van der Waals surface area contributed by atoms with Crippen molar-refractivity contribution in [1.29, 1.82) is 0 Å². The van der Waals surface area contributed by atoms with Crippen LogP contribution in [0.5, 0.6) is 5.75 Å². The number of ether oxygens (including phenoxy) is 1. The highest BCUT2D eigenvalue weighted by Gasteiger charge is 2.28. The monoisotopic (exact) mass is 526 g/mol. The number of amides is 1. The van der Waals surface area contributed by atoms with Crippen molar-refractivity contribution in [2.75, 3.05) is 23.1 Å². The smallest absolute Gasteiger partial charge is 0.253 e. The van der Waals surface area contributed by atoms with Gasteiger partial charge in [0.05, 0.1) is 18.3 Å². The van der Waals surface area contributed by atoms with Crippen molar-refractivity contribution in [3.05, 3.63) is 92.4 Å². The Kier molecular flexibility index (Phi) is 7.02. The highest BCUT2D eigenvalue weighted by Crippen LogP contribution is 2.30. The first-order valence-electron chi connectivity index (χ1n) is 12.8. The standard InChI is InChI=1S/C29H30N6O4/c1-29(2,18-8-5-4-6-9-18)35-24-23(25(36)26(24)37)33-22-14-15-30-28(34-22)32-20-13-12-17(16-21(20)39-3)27(38)31-19-10-7-11-19/h4-6,8-9,12-16,19,35H,7,10-11H2,1-3H3,(H,31,38)(H2,30,32,33,34). The Bertz CT molecular complexity index is 1570. The molecule has 4 aromatic rings. The molecule has 0 atom stereocenters. The SMILES string of the molecule is COc1cc(C(=O)NC2CCC2)ccc1Nc1nccc(Nc2c(NC(C)(C)c3ccccc3)c(=O)c2=O)n1. The van der Waals surface area contributed by atoms with Crippen LogP contribution in [0.25, 0.3) is 0 Å². The molecule has 1 heterocycles. The van der Waals surface area contributed by atoms with Crippen LogP contribution in [0.4, 0.5) is 28.8 Å². The highest BCUT2D eigenvalue weighted by molar-refractivity contribution is 5.95. The van der Waals surface area contributed by atoms with Crippen molar-refractivity contribution < 1.29 is 9.53 Å². The molecule has 1 aromatic heterocycles. The second-order valence-corrected chi connectivity index (χ2v) is 10.1. The number of anilines is 5. The van der Waals surface area contributed by atoms with Crippen LogP contribution in [0.3, 0.4) is 0 Å². The van der Waals surface area contributed by atoms with Crippen LogP contribution in [0.15, 0.2) is 70.4 Å². The van der Waals surface area contributed by atoms with Gasteiger partial charge in [-0.2, -0.15) is 4.98 Å². The molecular weight excluding hydrogens is 496 g/mol. The first-order chi connectivity index (χ1) is 18.7. The Hall–Kier alpha value is -4.73. The van der Waals surface area contributed by atoms with Crippen molar-refractivity contribution in [1.82, 2.24) is 15.3 Å². The number of carbonyl (C=O) groups excluding carboxylic acids is 1. The van der Waals surface area contributed by atoms with E-state index in [4.69, 9.17) is 4.74 Å². The van der Waals surface area contributed by atoms with Crippen LogP contribution >= 0.6 is 0 Å². The molecule has 1 saturated carbocycles. The Morgan fingerprint density at radius 1 is 0.974 bits per heavy atom. The maximum atomic E-state index is 12.5. The number of hydrogen-bond acceptors (Lipinski definition) is 9. The summed E-state index contributed by atoms with van der Waals surface area (Å²) in [6.45, 7) is 3.87. The van der Waals surface area contributed by atoms with Gasteiger partial charge in [0, 0.05) is 17.8 Å². The van der Waals surface area contributed by atoms with E-state index < -0.39 is 16.4 Å². The lowest BCUT2D eigenvalue weighted by Gasteiger charge is -2.29. The first-order valence-corrected chi connectivity index (χ1v) is 12.8. The van der Waals surface area contributed by atoms with Crippen molar-refractivity contribution in [2.45, 2.75) is 44.7 Å². The number of carbonyl (C=O) groups is 1. The number of nitrogens with one attached hydrogen (secondary N) is 4. The predicted octanol–water partition coefficient (Wildman–Crippen LogP) is 4.20. The summed E-state index contributed by atoms with van der Waals surface area (Å²) in [5.74, 6) is 0.883. The van der Waals surface area contributed by atoms with Crippen molar-refractivity contribution >= 4 is 34.7 Å². The molecule has 0 aliphatic heterocycles. The molecule has 39 heavy (non-hydrogen) atoms. The fraction of sp³-hybridized carbons (Fsp3) is 0.276. The Morgan fingerprint density at radius 2 is 1.72 bits per heavy atom. The minimum atomic E-state index is -0.619. The van der Waals surface area contributed by atoms with E-state index in [1.54, 1.807) is 24.3 Å². The fourth-order valence-electron chi connectivity index (χ4n) is 4.36. The van der Waals surface area contributed by atoms with E-state index in [2.05, 4.69) is 31.2 Å². The number of rotatable bonds is 10. The second-order valence-electron chi connectivity index (χ2n) is 10.1. The molecule has 1 aliphatic carbocycles. The molecule has 10 heteroatoms. The summed E-state index contributed by atoms with van der Waals surface area (Å²) >= 11 is 0. The van der Waals surface area contributed by atoms with Gasteiger partial charge in [-0.25, -0.2) is 4.98 Å². The van der Waals surface area contributed by atoms with E-state index in [1.165, 1.54) is 13.3 Å². The molecule has 200 valence electrons. The highest BCUT2D eigenvalue weighted by atomic mass is 16.5. The van der Waals surface area contributed by atoms with Crippen LogP contribution in [0.2, 0.25) is 0 Å². The van der Waals surface area contributed by atoms with E-state index >= 15 is 0 Å². The molecule has 0 saturated heterocycles. The Balaban J connectivity index is 1.31. The third-order valence-corrected chi connectivity index (χ3v) is 6.90. The zero-order valence-electron chi connectivity index (χ0n) is 22.0. The van der Waals surface area contributed by atoms with E-state index in [9.17, 15) is 14.4 Å². The van der Waals surface area contributed by atoms with Gasteiger partial charge in [-0.1, -0.05) is 30.3 Å². The van der Waals surface area contributed by atoms with Gasteiger partial charge in [0.25, 0.3) is 16.8 Å². The molecule has 0 spiro atoms. The minimum Gasteiger partial charge on any atom is -0.495 e. The molecule has 0 bridgehead atoms. The van der Waals surface area contributed by atoms with Crippen molar-refractivity contribution in [3.8, 4) is 5.75 Å². The van der Waals surface area contributed by atoms with Crippen molar-refractivity contribution in [2.24, 2.45) is 0 Å². The third-order valence-electron chi connectivity index (χ3n) is 6.90. The Labute approximate surface area is 225 Å². The molecule has 1 aliphatic rings. The van der Waals surface area contributed by atoms with Gasteiger partial charge in [-0.05, 0) is 62.9 Å². The summed E-state index contributed by atoms with van der Waals surface area (Å²) in [6.07, 6.45) is 4.67. The lowest BCUT2D eigenvalue weighted by atomic mass is 9.93. The first kappa shape index (κ1) is 25.9. The summed E-state index contributed by atoms with van der Waals surface area (Å²) in [5.41, 5.74) is 0.600. The van der Waals surface area contributed by atoms with Gasteiger partial charge in [0.2, 0.25) is 5.95 Å². The predicted molar refractivity (Wildman–Crippen MR) is 151 cm³/mol. The lowest BCUT2D eigenvalue weighted by Crippen LogP contribution is -2.41. The second kappa shape index (κ2) is 10.6. The largest absolute Gasteiger partial charge is 0.495 e. The minimum absolute atomic E-state index is 0.139. The summed E-state index contributed by atoms with van der Waals surface area (Å²) in [7, 11) is 1.52. The number of aromatic nitrogens is 2. The van der Waals surface area contributed by atoms with Gasteiger partial charge in [-0.15, -0.1) is 0 Å². The van der Waals surface area contributed by atoms with Crippen LogP contribution < -0.4 is 36.9 Å². The molecule has 0 unspecified atom stereocenters. The molecule has 0 radical (unpaired) electrons. The Morgan fingerprint density at radius 3 is 2.41 bits per heavy atom. The summed E-state index contributed by atoms with van der Waals surface area (Å²) < 4.78 is 5.49. The molecule has 4 N–H and O–H groups in total. The van der Waals surface area contributed by atoms with Gasteiger partial charge in [-0.3, -0.25) is 14.4 Å². The average Bonchev–Trinajstić information content (AvgIpc) is 2.93. The average molecular weight is 527 g/mol. The number of nitrogens with zero attached hydrogens (tertiary/aromatic N) is 2. The molecule has 10 nitrogen and oxygen atoms in total. The van der Waals surface area contributed by atoms with Gasteiger partial charge >= 0.3 is 0 Å². The summed E-state index contributed by atoms with van der Waals surface area (Å²) in [6, 6.07) is 16.6. The fourth-order valence-corrected chi connectivity index (χ4v) is 4.36. The van der Waals surface area contributed by atoms with Gasteiger partial charge < -0.3 is 26.0 Å². The number of benzene rings is 2. The zero-order chi connectivity index (χ0) is 27.6. The van der Waals surface area contributed by atoms with E-state index in [-0.39, 0.29) is 29.3 Å². The summed E-state index contributed by atoms with van der Waals surface area (Å²) in [4.78, 5) is 46.0. The number of hydrogen-bond donors (Lipinski definition) is 4. The van der Waals surface area contributed by atoms with E-state index in [1.807, 2.05) is 44.2 Å². The third kappa shape index (κ3) is 5.45. The van der Waals surface area contributed by atoms with Crippen LogP contribution in [-0.4, -0.2) is 29.0 Å². The van der Waals surface area contributed by atoms with Crippen molar-refractivity contribution in [3.63, 3.8) is 0 Å². The molecule has 5 rings (SSSR count). The topological polar surface area (TPSA) is 134 Å². The van der Waals surface area contributed by atoms with Gasteiger partial charge in [0.1, 0.15) is 22.9 Å². The molecule has 1 amide bonds. The van der Waals surface area contributed by atoms with Crippen LogP contribution in [0, 0.1) is 0 Å². The lowest BCUT2D eigenvalue weighted by molar-refractivity contribution is 0.0916. The van der Waals surface area contributed by atoms with E-state index in [0.29, 0.717) is 22.8 Å². The normalized spacial score (nSPS) is 13.4. The van der Waals surface area contributed by atoms with Gasteiger partial charge in [0.15, 0.2) is 0 Å². The van der Waals surface area contributed by atoms with Crippen LogP contribution in [0.1, 0.15) is 49.0 Å². The maximum Gasteiger partial charge on any atom is 0.253 e. The van der Waals surface area contributed by atoms with Crippen LogP contribution in [-0.2, 0) is 5.54 Å².